The highest BCUT2D eigenvalue weighted by atomic mass is 16.5. The molecule has 2 heterocycles. The summed E-state index contributed by atoms with van der Waals surface area (Å²) in [6.07, 6.45) is 4.84. The van der Waals surface area contributed by atoms with E-state index in [1.54, 1.807) is 7.11 Å². The van der Waals surface area contributed by atoms with E-state index in [0.717, 1.165) is 50.6 Å². The Morgan fingerprint density at radius 3 is 2.21 bits per heavy atom. The smallest absolute Gasteiger partial charge is 0.173 e. The van der Waals surface area contributed by atoms with Crippen LogP contribution in [0.3, 0.4) is 0 Å². The van der Waals surface area contributed by atoms with Crippen LogP contribution in [-0.4, -0.2) is 72.5 Å². The molecular weight excluding hydrogens is 426 g/mol. The van der Waals surface area contributed by atoms with Crippen LogP contribution in [0, 0.1) is 0 Å². The molecule has 180 valence electrons. The van der Waals surface area contributed by atoms with Crippen LogP contribution in [0.4, 0.5) is 11.4 Å². The van der Waals surface area contributed by atoms with E-state index in [0.29, 0.717) is 6.04 Å². The van der Waals surface area contributed by atoms with E-state index in [4.69, 9.17) is 4.74 Å². The highest BCUT2D eigenvalue weighted by Gasteiger charge is 2.33. The fourth-order valence-corrected chi connectivity index (χ4v) is 5.30. The van der Waals surface area contributed by atoms with E-state index in [1.165, 1.54) is 29.8 Å². The average molecular weight is 462 g/mol. The van der Waals surface area contributed by atoms with Crippen LogP contribution in [0.15, 0.2) is 48.5 Å². The van der Waals surface area contributed by atoms with Crippen LogP contribution in [-0.2, 0) is 0 Å². The molecule has 0 unspecified atom stereocenters. The van der Waals surface area contributed by atoms with Gasteiger partial charge in [0.1, 0.15) is 5.75 Å². The Labute approximate surface area is 202 Å². The minimum Gasteiger partial charge on any atom is -0.497 e. The molecule has 1 saturated heterocycles. The van der Waals surface area contributed by atoms with Gasteiger partial charge in [-0.05, 0) is 65.2 Å². The fraction of sp³-hybridized carbons (Fsp3) is 0.500. The minimum absolute atomic E-state index is 0.0461. The first-order valence-corrected chi connectivity index (χ1v) is 12.3. The Kier molecular flexibility index (Phi) is 6.67. The van der Waals surface area contributed by atoms with Crippen LogP contribution >= 0.6 is 0 Å². The third-order valence-electron chi connectivity index (χ3n) is 7.28. The van der Waals surface area contributed by atoms with Crippen molar-refractivity contribution in [3.05, 3.63) is 59.9 Å². The first kappa shape index (κ1) is 22.7. The van der Waals surface area contributed by atoms with E-state index in [2.05, 4.69) is 85.4 Å². The number of hydrogen-bond acceptors (Lipinski definition) is 7. The van der Waals surface area contributed by atoms with Gasteiger partial charge < -0.3 is 14.5 Å². The second-order valence-corrected chi connectivity index (χ2v) is 9.53. The zero-order chi connectivity index (χ0) is 23.5. The zero-order valence-corrected chi connectivity index (χ0v) is 20.5. The number of methoxy groups -OCH3 is 1. The number of anilines is 2. The monoisotopic (exact) mass is 461 g/mol. The molecule has 1 saturated carbocycles. The van der Waals surface area contributed by atoms with Gasteiger partial charge in [0.25, 0.3) is 0 Å². The Morgan fingerprint density at radius 2 is 1.59 bits per heavy atom. The molecule has 0 N–H and O–H groups in total. The molecule has 1 aromatic heterocycles. The first-order valence-electron chi connectivity index (χ1n) is 12.3. The second-order valence-electron chi connectivity index (χ2n) is 9.53. The van der Waals surface area contributed by atoms with Gasteiger partial charge in [-0.1, -0.05) is 25.0 Å². The van der Waals surface area contributed by atoms with Gasteiger partial charge in [-0.15, -0.1) is 5.10 Å². The molecule has 2 aromatic carbocycles. The van der Waals surface area contributed by atoms with Crippen molar-refractivity contribution in [2.24, 2.45) is 0 Å². The molecular formula is C26H35N7O. The van der Waals surface area contributed by atoms with E-state index in [9.17, 15) is 0 Å². The lowest BCUT2D eigenvalue weighted by atomic mass is 10.0. The summed E-state index contributed by atoms with van der Waals surface area (Å²) in [5, 5.41) is 13.2. The average Bonchev–Trinajstić information content (AvgIpc) is 3.57. The first-order chi connectivity index (χ1) is 16.6. The van der Waals surface area contributed by atoms with Gasteiger partial charge in [0, 0.05) is 51.6 Å². The van der Waals surface area contributed by atoms with Crippen molar-refractivity contribution in [2.45, 2.75) is 37.8 Å². The van der Waals surface area contributed by atoms with Crippen LogP contribution in [0.5, 0.6) is 5.75 Å². The Balaban J connectivity index is 1.40. The summed E-state index contributed by atoms with van der Waals surface area (Å²) in [5.74, 6) is 1.87. The molecule has 0 amide bonds. The van der Waals surface area contributed by atoms with Gasteiger partial charge in [-0.25, -0.2) is 4.68 Å². The lowest BCUT2D eigenvalue weighted by molar-refractivity contribution is 0.197. The highest BCUT2D eigenvalue weighted by Crippen LogP contribution is 2.35. The summed E-state index contributed by atoms with van der Waals surface area (Å²) in [7, 11) is 5.86. The van der Waals surface area contributed by atoms with E-state index in [-0.39, 0.29) is 6.04 Å². The Hall–Kier alpha value is -3.13. The number of rotatable bonds is 7. The number of ether oxygens (including phenoxy) is 1. The molecule has 0 spiro atoms. The van der Waals surface area contributed by atoms with Crippen molar-refractivity contribution >= 4 is 11.4 Å². The zero-order valence-electron chi connectivity index (χ0n) is 20.5. The summed E-state index contributed by atoms with van der Waals surface area (Å²) < 4.78 is 7.44. The van der Waals surface area contributed by atoms with E-state index >= 15 is 0 Å². The number of nitrogens with zero attached hydrogens (tertiary/aromatic N) is 7. The van der Waals surface area contributed by atoms with Crippen molar-refractivity contribution in [3.8, 4) is 5.75 Å². The number of hydrogen-bond donors (Lipinski definition) is 0. The van der Waals surface area contributed by atoms with Gasteiger partial charge in [-0.3, -0.25) is 4.90 Å². The van der Waals surface area contributed by atoms with Crippen molar-refractivity contribution in [3.63, 3.8) is 0 Å². The summed E-state index contributed by atoms with van der Waals surface area (Å²) in [6.45, 7) is 3.82. The SMILES string of the molecule is COc1ccc(N2CCN([C@H](c3ccc(N(C)C)cc3)c3nnnn3C3CCCC3)CC2)cc1. The molecule has 2 aliphatic rings. The molecule has 1 atom stereocenters. The van der Waals surface area contributed by atoms with Gasteiger partial charge >= 0.3 is 0 Å². The van der Waals surface area contributed by atoms with Crippen LogP contribution in [0.1, 0.15) is 49.2 Å². The predicted octanol–water partition coefficient (Wildman–Crippen LogP) is 3.77. The van der Waals surface area contributed by atoms with E-state index in [1.807, 2.05) is 12.1 Å². The molecule has 0 radical (unpaired) electrons. The normalized spacial score (nSPS) is 18.3. The Morgan fingerprint density at radius 1 is 0.912 bits per heavy atom. The summed E-state index contributed by atoms with van der Waals surface area (Å²) in [4.78, 5) is 7.12. The molecule has 2 fully saturated rings. The highest BCUT2D eigenvalue weighted by molar-refractivity contribution is 5.50. The number of aromatic nitrogens is 4. The third-order valence-corrected chi connectivity index (χ3v) is 7.28. The molecule has 1 aliphatic heterocycles. The van der Waals surface area contributed by atoms with Gasteiger partial charge in [0.15, 0.2) is 5.82 Å². The maximum atomic E-state index is 5.32. The minimum atomic E-state index is 0.0461. The number of tetrazole rings is 1. The molecule has 0 bridgehead atoms. The number of piperazine rings is 1. The number of benzene rings is 2. The lowest BCUT2D eigenvalue weighted by Gasteiger charge is -2.40. The van der Waals surface area contributed by atoms with E-state index < -0.39 is 0 Å². The maximum absolute atomic E-state index is 5.32. The Bertz CT molecular complexity index is 1050. The molecule has 34 heavy (non-hydrogen) atoms. The molecule has 3 aromatic rings. The molecule has 8 nitrogen and oxygen atoms in total. The van der Waals surface area contributed by atoms with Crippen LogP contribution < -0.4 is 14.5 Å². The fourth-order valence-electron chi connectivity index (χ4n) is 5.30. The predicted molar refractivity (Wildman–Crippen MR) is 135 cm³/mol. The van der Waals surface area contributed by atoms with Crippen LogP contribution in [0.2, 0.25) is 0 Å². The summed E-state index contributed by atoms with van der Waals surface area (Å²) in [5.41, 5.74) is 3.68. The lowest BCUT2D eigenvalue weighted by Crippen LogP contribution is -2.48. The summed E-state index contributed by atoms with van der Waals surface area (Å²) in [6, 6.07) is 17.7. The van der Waals surface area contributed by atoms with Crippen molar-refractivity contribution in [1.82, 2.24) is 25.1 Å². The third kappa shape index (κ3) is 4.59. The quantitative estimate of drug-likeness (QED) is 0.531. The van der Waals surface area contributed by atoms with Gasteiger partial charge in [-0.2, -0.15) is 0 Å². The van der Waals surface area contributed by atoms with Crippen molar-refractivity contribution in [1.29, 1.82) is 0 Å². The molecule has 5 rings (SSSR count). The topological polar surface area (TPSA) is 62.6 Å². The second kappa shape index (κ2) is 10.0. The standard InChI is InChI=1S/C26H35N7O/c1-30(2)21-10-8-20(9-11-21)25(26-27-28-29-33(26)23-6-4-5-7-23)32-18-16-31(17-19-32)22-12-14-24(34-3)15-13-22/h8-15,23,25H,4-7,16-19H2,1-3H3/t25-/m1/s1. The maximum Gasteiger partial charge on any atom is 0.173 e. The molecule has 1 aliphatic carbocycles. The van der Waals surface area contributed by atoms with Gasteiger partial charge in [0.05, 0.1) is 19.2 Å². The summed E-state index contributed by atoms with van der Waals surface area (Å²) >= 11 is 0. The van der Waals surface area contributed by atoms with Crippen molar-refractivity contribution in [2.75, 3.05) is 57.2 Å². The largest absolute Gasteiger partial charge is 0.497 e. The van der Waals surface area contributed by atoms with Crippen molar-refractivity contribution < 1.29 is 4.74 Å². The molecule has 8 heteroatoms. The van der Waals surface area contributed by atoms with Gasteiger partial charge in [0.2, 0.25) is 0 Å². The van der Waals surface area contributed by atoms with Crippen LogP contribution in [0.25, 0.3) is 0 Å².